The van der Waals surface area contributed by atoms with Gasteiger partial charge in [0.1, 0.15) is 6.04 Å². The van der Waals surface area contributed by atoms with Crippen LogP contribution >= 0.6 is 0 Å². The van der Waals surface area contributed by atoms with E-state index >= 15 is 0 Å². The largest absolute Gasteiger partial charge is 0.480 e. The van der Waals surface area contributed by atoms with Gasteiger partial charge in [0.25, 0.3) is 0 Å². The molecule has 2 heterocycles. The highest BCUT2D eigenvalue weighted by Crippen LogP contribution is 2.28. The van der Waals surface area contributed by atoms with Crippen LogP contribution in [0.3, 0.4) is 0 Å². The molecule has 0 amide bonds. The predicted octanol–water partition coefficient (Wildman–Crippen LogP) is 2.22. The summed E-state index contributed by atoms with van der Waals surface area (Å²) in [6.07, 6.45) is 3.58. The molecule has 17 heavy (non-hydrogen) atoms. The second-order valence-corrected chi connectivity index (χ2v) is 4.44. The Hall–Kier alpha value is -1.97. The minimum atomic E-state index is -0.725. The van der Waals surface area contributed by atoms with Crippen molar-refractivity contribution < 1.29 is 9.90 Å². The highest BCUT2D eigenvalue weighted by Gasteiger charge is 2.30. The molecule has 1 saturated heterocycles. The van der Waals surface area contributed by atoms with Crippen LogP contribution in [0, 0.1) is 0 Å². The molecule has 0 saturated carbocycles. The number of hydrogen-bond donors (Lipinski definition) is 2. The van der Waals surface area contributed by atoms with E-state index in [1.54, 1.807) is 0 Å². The van der Waals surface area contributed by atoms with Crippen LogP contribution in [0.2, 0.25) is 0 Å². The zero-order valence-corrected chi connectivity index (χ0v) is 9.39. The third-order valence-electron chi connectivity index (χ3n) is 3.41. The van der Waals surface area contributed by atoms with Gasteiger partial charge in [-0.25, -0.2) is 4.79 Å². The van der Waals surface area contributed by atoms with Crippen LogP contribution in [0.25, 0.3) is 10.9 Å². The van der Waals surface area contributed by atoms with Crippen molar-refractivity contribution in [1.29, 1.82) is 0 Å². The predicted molar refractivity (Wildman–Crippen MR) is 66.3 cm³/mol. The first kappa shape index (κ1) is 10.2. The van der Waals surface area contributed by atoms with Crippen LogP contribution < -0.4 is 4.90 Å². The molecule has 0 spiro atoms. The molecule has 1 aromatic heterocycles. The van der Waals surface area contributed by atoms with E-state index in [2.05, 4.69) is 4.98 Å². The zero-order chi connectivity index (χ0) is 11.8. The van der Waals surface area contributed by atoms with Crippen molar-refractivity contribution in [2.45, 2.75) is 18.9 Å². The van der Waals surface area contributed by atoms with E-state index in [0.717, 1.165) is 36.0 Å². The summed E-state index contributed by atoms with van der Waals surface area (Å²) in [6, 6.07) is 7.67. The van der Waals surface area contributed by atoms with Crippen molar-refractivity contribution in [2.24, 2.45) is 0 Å². The molecule has 1 aromatic carbocycles. The number of carbonyl (C=O) groups is 1. The molecule has 88 valence electrons. The number of fused-ring (bicyclic) bond motifs is 1. The summed E-state index contributed by atoms with van der Waals surface area (Å²) in [5.74, 6) is -0.725. The zero-order valence-electron chi connectivity index (χ0n) is 9.39. The van der Waals surface area contributed by atoms with Crippen molar-refractivity contribution in [1.82, 2.24) is 4.98 Å². The average molecular weight is 230 g/mol. The van der Waals surface area contributed by atoms with Crippen molar-refractivity contribution in [3.8, 4) is 0 Å². The van der Waals surface area contributed by atoms with Gasteiger partial charge < -0.3 is 15.0 Å². The summed E-state index contributed by atoms with van der Waals surface area (Å²) < 4.78 is 0. The Morgan fingerprint density at radius 2 is 2.29 bits per heavy atom. The molecule has 3 rings (SSSR count). The second kappa shape index (κ2) is 3.80. The van der Waals surface area contributed by atoms with Crippen LogP contribution in [-0.4, -0.2) is 28.6 Å². The number of aromatic amines is 1. The third kappa shape index (κ3) is 1.65. The molecule has 1 aliphatic heterocycles. The number of carboxylic acids is 1. The van der Waals surface area contributed by atoms with E-state index in [-0.39, 0.29) is 6.04 Å². The lowest BCUT2D eigenvalue weighted by atomic mass is 10.2. The summed E-state index contributed by atoms with van der Waals surface area (Å²) in [6.45, 7) is 0.826. The van der Waals surface area contributed by atoms with Gasteiger partial charge in [0.15, 0.2) is 0 Å². The van der Waals surface area contributed by atoms with Gasteiger partial charge in [0, 0.05) is 29.3 Å². The molecule has 2 aromatic rings. The van der Waals surface area contributed by atoms with Gasteiger partial charge in [0.2, 0.25) is 0 Å². The molecular formula is C13H14N2O2. The molecule has 0 radical (unpaired) electrons. The topological polar surface area (TPSA) is 56.3 Å². The van der Waals surface area contributed by atoms with Crippen LogP contribution in [-0.2, 0) is 4.79 Å². The number of benzene rings is 1. The lowest BCUT2D eigenvalue weighted by Gasteiger charge is -2.23. The van der Waals surface area contributed by atoms with E-state index in [9.17, 15) is 9.90 Å². The fraction of sp³-hybridized carbons (Fsp3) is 0.308. The van der Waals surface area contributed by atoms with Crippen LogP contribution in [0.5, 0.6) is 0 Å². The molecule has 0 bridgehead atoms. The monoisotopic (exact) mass is 230 g/mol. The molecule has 1 unspecified atom stereocenters. The molecule has 1 aliphatic rings. The Morgan fingerprint density at radius 3 is 3.12 bits per heavy atom. The van der Waals surface area contributed by atoms with Gasteiger partial charge in [-0.15, -0.1) is 0 Å². The first-order valence-electron chi connectivity index (χ1n) is 5.82. The maximum Gasteiger partial charge on any atom is 0.326 e. The number of H-pyrrole nitrogens is 1. The van der Waals surface area contributed by atoms with E-state index in [4.69, 9.17) is 0 Å². The second-order valence-electron chi connectivity index (χ2n) is 4.44. The lowest BCUT2D eigenvalue weighted by molar-refractivity contribution is -0.138. The highest BCUT2D eigenvalue weighted by molar-refractivity contribution is 5.85. The number of anilines is 1. The Labute approximate surface area is 98.9 Å². The smallest absolute Gasteiger partial charge is 0.326 e. The number of rotatable bonds is 2. The Kier molecular flexibility index (Phi) is 2.28. The average Bonchev–Trinajstić information content (AvgIpc) is 2.96. The van der Waals surface area contributed by atoms with E-state index < -0.39 is 5.97 Å². The van der Waals surface area contributed by atoms with Crippen molar-refractivity contribution in [3.05, 3.63) is 30.5 Å². The minimum absolute atomic E-state index is 0.369. The fourth-order valence-electron chi connectivity index (χ4n) is 2.55. The summed E-state index contributed by atoms with van der Waals surface area (Å²) in [4.78, 5) is 16.3. The van der Waals surface area contributed by atoms with Crippen LogP contribution in [0.15, 0.2) is 30.5 Å². The van der Waals surface area contributed by atoms with Crippen LogP contribution in [0.1, 0.15) is 12.8 Å². The van der Waals surface area contributed by atoms with Crippen molar-refractivity contribution in [2.75, 3.05) is 11.4 Å². The lowest BCUT2D eigenvalue weighted by Crippen LogP contribution is -2.35. The maximum absolute atomic E-state index is 11.2. The Bertz CT molecular complexity index is 561. The first-order valence-corrected chi connectivity index (χ1v) is 5.82. The number of hydrogen-bond acceptors (Lipinski definition) is 2. The molecule has 1 fully saturated rings. The van der Waals surface area contributed by atoms with E-state index in [1.165, 1.54) is 0 Å². The van der Waals surface area contributed by atoms with Gasteiger partial charge in [-0.05, 0) is 37.1 Å². The van der Waals surface area contributed by atoms with Gasteiger partial charge in [0.05, 0.1) is 0 Å². The summed E-state index contributed by atoms with van der Waals surface area (Å²) >= 11 is 0. The molecule has 1 atom stereocenters. The van der Waals surface area contributed by atoms with Gasteiger partial charge in [-0.2, -0.15) is 0 Å². The Morgan fingerprint density at radius 1 is 1.41 bits per heavy atom. The summed E-state index contributed by atoms with van der Waals surface area (Å²) in [5, 5.41) is 10.3. The standard InChI is InChI=1S/C13H14N2O2/c16-13(17)12-2-1-7-15(12)10-3-4-11-9(8-10)5-6-14-11/h3-6,8,12,14H,1-2,7H2,(H,16,17). The molecule has 4 heteroatoms. The Balaban J connectivity index is 1.99. The third-order valence-corrected chi connectivity index (χ3v) is 3.41. The fourth-order valence-corrected chi connectivity index (χ4v) is 2.55. The molecule has 4 nitrogen and oxygen atoms in total. The van der Waals surface area contributed by atoms with Gasteiger partial charge in [-0.1, -0.05) is 0 Å². The number of carboxylic acid groups (broad SMARTS) is 1. The quantitative estimate of drug-likeness (QED) is 0.831. The molecule has 2 N–H and O–H groups in total. The first-order chi connectivity index (χ1) is 8.25. The minimum Gasteiger partial charge on any atom is -0.480 e. The molecular weight excluding hydrogens is 216 g/mol. The van der Waals surface area contributed by atoms with E-state index in [0.29, 0.717) is 0 Å². The van der Waals surface area contributed by atoms with E-state index in [1.807, 2.05) is 35.4 Å². The number of aliphatic carboxylic acids is 1. The SMILES string of the molecule is O=C(O)C1CCCN1c1ccc2[nH]ccc2c1. The van der Waals surface area contributed by atoms with Crippen LogP contribution in [0.4, 0.5) is 5.69 Å². The highest BCUT2D eigenvalue weighted by atomic mass is 16.4. The number of nitrogens with zero attached hydrogens (tertiary/aromatic N) is 1. The maximum atomic E-state index is 11.2. The number of aromatic nitrogens is 1. The normalized spacial score (nSPS) is 20.0. The van der Waals surface area contributed by atoms with Gasteiger partial charge >= 0.3 is 5.97 Å². The summed E-state index contributed by atoms with van der Waals surface area (Å²) in [5.41, 5.74) is 2.09. The van der Waals surface area contributed by atoms with Crippen molar-refractivity contribution >= 4 is 22.6 Å². The van der Waals surface area contributed by atoms with Gasteiger partial charge in [-0.3, -0.25) is 0 Å². The van der Waals surface area contributed by atoms with Crippen molar-refractivity contribution in [3.63, 3.8) is 0 Å². The summed E-state index contributed by atoms with van der Waals surface area (Å²) in [7, 11) is 0. The molecule has 0 aliphatic carbocycles. The number of nitrogens with one attached hydrogen (secondary N) is 1.